The Balaban J connectivity index is 1.54. The standard InChI is InChI=1S/C15H20FN3/c16-15(12-7-2-1-3-8-12)9-13(15)19-14(17)18-10-11-5-4-6-11/h1-3,7-8,11,13H,4-6,9-10H2,(H3,17,18,19). The summed E-state index contributed by atoms with van der Waals surface area (Å²) in [6, 6.07) is 9.03. The molecule has 19 heavy (non-hydrogen) atoms. The summed E-state index contributed by atoms with van der Waals surface area (Å²) in [5, 5.41) is 3.00. The van der Waals surface area contributed by atoms with Gasteiger partial charge in [0.15, 0.2) is 11.6 Å². The molecule has 0 aromatic heterocycles. The lowest BCUT2D eigenvalue weighted by Crippen LogP contribution is -2.36. The molecule has 2 unspecified atom stereocenters. The zero-order valence-corrected chi connectivity index (χ0v) is 11.0. The maximum Gasteiger partial charge on any atom is 0.188 e. The normalized spacial score (nSPS) is 30.8. The van der Waals surface area contributed by atoms with Gasteiger partial charge in [0.25, 0.3) is 0 Å². The van der Waals surface area contributed by atoms with Gasteiger partial charge in [0.05, 0.1) is 6.04 Å². The van der Waals surface area contributed by atoms with Crippen LogP contribution in [0.1, 0.15) is 31.2 Å². The minimum atomic E-state index is -1.28. The van der Waals surface area contributed by atoms with Gasteiger partial charge in [-0.2, -0.15) is 0 Å². The topological polar surface area (TPSA) is 50.4 Å². The molecule has 0 amide bonds. The molecule has 1 aromatic carbocycles. The van der Waals surface area contributed by atoms with Crippen molar-refractivity contribution < 1.29 is 4.39 Å². The monoisotopic (exact) mass is 261 g/mol. The van der Waals surface area contributed by atoms with Crippen molar-refractivity contribution in [3.8, 4) is 0 Å². The Labute approximate surface area is 113 Å². The zero-order chi connectivity index (χ0) is 13.3. The van der Waals surface area contributed by atoms with Crippen LogP contribution >= 0.6 is 0 Å². The minimum absolute atomic E-state index is 0.236. The first-order valence-corrected chi connectivity index (χ1v) is 6.99. The average Bonchev–Trinajstić information content (AvgIpc) is 3.00. The third kappa shape index (κ3) is 2.57. The quantitative estimate of drug-likeness (QED) is 0.645. The van der Waals surface area contributed by atoms with E-state index >= 15 is 0 Å². The van der Waals surface area contributed by atoms with Gasteiger partial charge in [-0.25, -0.2) is 4.39 Å². The summed E-state index contributed by atoms with van der Waals surface area (Å²) in [7, 11) is 0. The number of hydrogen-bond acceptors (Lipinski definition) is 1. The van der Waals surface area contributed by atoms with Gasteiger partial charge >= 0.3 is 0 Å². The molecule has 0 bridgehead atoms. The Morgan fingerprint density at radius 2 is 2.11 bits per heavy atom. The van der Waals surface area contributed by atoms with Crippen molar-refractivity contribution in [3.63, 3.8) is 0 Å². The molecule has 3 nitrogen and oxygen atoms in total. The highest BCUT2D eigenvalue weighted by Crippen LogP contribution is 2.49. The number of hydrogen-bond donors (Lipinski definition) is 2. The molecule has 3 rings (SSSR count). The van der Waals surface area contributed by atoms with Gasteiger partial charge in [-0.3, -0.25) is 4.99 Å². The summed E-state index contributed by atoms with van der Waals surface area (Å²) in [4.78, 5) is 4.30. The number of guanidine groups is 1. The second kappa shape index (κ2) is 4.83. The summed E-state index contributed by atoms with van der Waals surface area (Å²) in [5.41, 5.74) is 5.25. The van der Waals surface area contributed by atoms with Crippen LogP contribution in [0.2, 0.25) is 0 Å². The van der Waals surface area contributed by atoms with Crippen molar-refractivity contribution in [2.45, 2.75) is 37.4 Å². The van der Waals surface area contributed by atoms with Crippen LogP contribution in [-0.4, -0.2) is 18.5 Å². The highest BCUT2D eigenvalue weighted by molar-refractivity contribution is 5.79. The van der Waals surface area contributed by atoms with Crippen LogP contribution in [0.4, 0.5) is 4.39 Å². The predicted octanol–water partition coefficient (Wildman–Crippen LogP) is 2.33. The number of aliphatic imine (C=N–C) groups is 1. The van der Waals surface area contributed by atoms with Crippen molar-refractivity contribution in [1.29, 1.82) is 0 Å². The van der Waals surface area contributed by atoms with Gasteiger partial charge in [0, 0.05) is 13.0 Å². The highest BCUT2D eigenvalue weighted by Gasteiger charge is 2.57. The molecule has 2 atom stereocenters. The fourth-order valence-corrected chi connectivity index (χ4v) is 2.56. The molecular formula is C15H20FN3. The second-order valence-electron chi connectivity index (χ2n) is 5.65. The van der Waals surface area contributed by atoms with E-state index in [1.807, 2.05) is 30.3 Å². The number of nitrogens with one attached hydrogen (secondary N) is 1. The predicted molar refractivity (Wildman–Crippen MR) is 74.6 cm³/mol. The lowest BCUT2D eigenvalue weighted by molar-refractivity contribution is 0.300. The maximum absolute atomic E-state index is 14.6. The molecule has 3 N–H and O–H groups in total. The van der Waals surface area contributed by atoms with Crippen LogP contribution in [0.5, 0.6) is 0 Å². The third-order valence-electron chi connectivity index (χ3n) is 4.21. The molecule has 0 heterocycles. The SMILES string of the molecule is NC(=NCC1CCC1)NC1CC1(F)c1ccccc1. The van der Waals surface area contributed by atoms with Crippen LogP contribution in [0.15, 0.2) is 35.3 Å². The van der Waals surface area contributed by atoms with Crippen LogP contribution < -0.4 is 11.1 Å². The van der Waals surface area contributed by atoms with Crippen molar-refractivity contribution in [3.05, 3.63) is 35.9 Å². The number of halogens is 1. The van der Waals surface area contributed by atoms with E-state index in [1.165, 1.54) is 19.3 Å². The van der Waals surface area contributed by atoms with E-state index in [1.54, 1.807) is 0 Å². The van der Waals surface area contributed by atoms with E-state index in [0.717, 1.165) is 12.1 Å². The Bertz CT molecular complexity index is 470. The van der Waals surface area contributed by atoms with E-state index in [-0.39, 0.29) is 6.04 Å². The molecule has 0 saturated heterocycles. The number of nitrogens with zero attached hydrogens (tertiary/aromatic N) is 1. The fourth-order valence-electron chi connectivity index (χ4n) is 2.56. The van der Waals surface area contributed by atoms with Gasteiger partial charge in [-0.15, -0.1) is 0 Å². The highest BCUT2D eigenvalue weighted by atomic mass is 19.1. The molecule has 2 aliphatic rings. The first-order chi connectivity index (χ1) is 9.18. The summed E-state index contributed by atoms with van der Waals surface area (Å²) in [6.45, 7) is 0.774. The van der Waals surface area contributed by atoms with E-state index in [0.29, 0.717) is 18.3 Å². The van der Waals surface area contributed by atoms with E-state index in [9.17, 15) is 4.39 Å². The van der Waals surface area contributed by atoms with Crippen molar-refractivity contribution in [1.82, 2.24) is 5.32 Å². The Hall–Kier alpha value is -1.58. The first-order valence-electron chi connectivity index (χ1n) is 6.99. The van der Waals surface area contributed by atoms with Gasteiger partial charge < -0.3 is 11.1 Å². The third-order valence-corrected chi connectivity index (χ3v) is 4.21. The smallest absolute Gasteiger partial charge is 0.188 e. The second-order valence-corrected chi connectivity index (χ2v) is 5.65. The summed E-state index contributed by atoms with van der Waals surface area (Å²) in [5.74, 6) is 1.07. The van der Waals surface area contributed by atoms with E-state index in [2.05, 4.69) is 10.3 Å². The molecule has 102 valence electrons. The molecule has 0 spiro atoms. The maximum atomic E-state index is 14.6. The number of benzene rings is 1. The molecule has 2 saturated carbocycles. The molecule has 2 aliphatic carbocycles. The van der Waals surface area contributed by atoms with Gasteiger partial charge in [0.2, 0.25) is 0 Å². The number of nitrogens with two attached hydrogens (primary N) is 1. The molecule has 2 fully saturated rings. The molecule has 0 aliphatic heterocycles. The number of alkyl halides is 1. The molecular weight excluding hydrogens is 241 g/mol. The lowest BCUT2D eigenvalue weighted by Gasteiger charge is -2.23. The Morgan fingerprint density at radius 3 is 2.74 bits per heavy atom. The molecule has 4 heteroatoms. The largest absolute Gasteiger partial charge is 0.370 e. The van der Waals surface area contributed by atoms with Crippen molar-refractivity contribution >= 4 is 5.96 Å². The van der Waals surface area contributed by atoms with Crippen LogP contribution in [-0.2, 0) is 5.67 Å². The van der Waals surface area contributed by atoms with E-state index in [4.69, 9.17) is 5.73 Å². The summed E-state index contributed by atoms with van der Waals surface area (Å²) >= 11 is 0. The summed E-state index contributed by atoms with van der Waals surface area (Å²) in [6.07, 6.45) is 4.27. The van der Waals surface area contributed by atoms with Crippen molar-refractivity contribution in [2.24, 2.45) is 16.6 Å². The Kier molecular flexibility index (Phi) is 3.17. The van der Waals surface area contributed by atoms with E-state index < -0.39 is 5.67 Å². The van der Waals surface area contributed by atoms with Crippen LogP contribution in [0.3, 0.4) is 0 Å². The van der Waals surface area contributed by atoms with Gasteiger partial charge in [0.1, 0.15) is 0 Å². The van der Waals surface area contributed by atoms with Crippen molar-refractivity contribution in [2.75, 3.05) is 6.54 Å². The summed E-state index contributed by atoms with van der Waals surface area (Å²) < 4.78 is 14.6. The van der Waals surface area contributed by atoms with Crippen LogP contribution in [0, 0.1) is 5.92 Å². The fraction of sp³-hybridized carbons (Fsp3) is 0.533. The van der Waals surface area contributed by atoms with Crippen LogP contribution in [0.25, 0.3) is 0 Å². The average molecular weight is 261 g/mol. The number of rotatable bonds is 4. The molecule has 0 radical (unpaired) electrons. The Morgan fingerprint density at radius 1 is 1.37 bits per heavy atom. The minimum Gasteiger partial charge on any atom is -0.370 e. The lowest BCUT2D eigenvalue weighted by atomic mass is 9.86. The molecule has 1 aromatic rings. The van der Waals surface area contributed by atoms with Gasteiger partial charge in [-0.1, -0.05) is 36.8 Å². The first kappa shape index (κ1) is 12.5. The van der Waals surface area contributed by atoms with Gasteiger partial charge in [-0.05, 0) is 24.3 Å². The zero-order valence-electron chi connectivity index (χ0n) is 11.0.